The molecule has 8 nitrogen and oxygen atoms in total. The van der Waals surface area contributed by atoms with E-state index in [1.54, 1.807) is 20.8 Å². The number of likely N-dealkylation sites (tertiary alicyclic amines) is 1. The molecule has 0 aromatic carbocycles. The number of amides is 1. The van der Waals surface area contributed by atoms with Crippen LogP contribution in [0.5, 0.6) is 0 Å². The van der Waals surface area contributed by atoms with E-state index in [1.165, 1.54) is 4.90 Å². The van der Waals surface area contributed by atoms with Gasteiger partial charge in [0.1, 0.15) is 5.60 Å². The van der Waals surface area contributed by atoms with Crippen LogP contribution in [0.4, 0.5) is 4.79 Å². The van der Waals surface area contributed by atoms with E-state index in [9.17, 15) is 20.0 Å². The van der Waals surface area contributed by atoms with E-state index >= 15 is 0 Å². The number of aliphatic hydroxyl groups excluding tert-OH is 1. The minimum atomic E-state index is -2.25. The van der Waals surface area contributed by atoms with E-state index in [2.05, 4.69) is 6.92 Å². The van der Waals surface area contributed by atoms with Gasteiger partial charge in [0.05, 0.1) is 0 Å². The van der Waals surface area contributed by atoms with Gasteiger partial charge in [-0.25, -0.2) is 4.79 Å². The number of carbonyl (C=O) groups excluding carboxylic acids is 1. The van der Waals surface area contributed by atoms with Gasteiger partial charge in [0, 0.05) is 11.5 Å². The zero-order valence-electron chi connectivity index (χ0n) is 16.9. The molecule has 0 radical (unpaired) electrons. The molecule has 1 heterocycles. The number of hydrogen-bond donors (Lipinski definition) is 1. The van der Waals surface area contributed by atoms with Crippen molar-refractivity contribution >= 4 is 14.4 Å². The van der Waals surface area contributed by atoms with Gasteiger partial charge in [-0.05, 0) is 52.8 Å². The Bertz CT molecular complexity index is 508. The fourth-order valence-corrected chi connectivity index (χ4v) is 5.93. The van der Waals surface area contributed by atoms with E-state index in [0.29, 0.717) is 19.4 Å². The second kappa shape index (κ2) is 8.66. The van der Waals surface area contributed by atoms with E-state index in [4.69, 9.17) is 9.16 Å². The molecule has 1 saturated heterocycles. The van der Waals surface area contributed by atoms with Crippen molar-refractivity contribution in [2.45, 2.75) is 89.9 Å². The van der Waals surface area contributed by atoms with Crippen LogP contribution in [0.25, 0.3) is 0 Å². The number of carbonyl (C=O) groups is 1. The first-order valence-corrected chi connectivity index (χ1v) is 12.5. The lowest BCUT2D eigenvalue weighted by Gasteiger charge is -2.45. The molecule has 26 heavy (non-hydrogen) atoms. The molecule has 2 atom stereocenters. The summed E-state index contributed by atoms with van der Waals surface area (Å²) in [4.78, 5) is 24.5. The Labute approximate surface area is 157 Å². The number of ether oxygens (including phenoxy) is 1. The van der Waals surface area contributed by atoms with Crippen molar-refractivity contribution in [3.05, 3.63) is 10.1 Å². The van der Waals surface area contributed by atoms with Gasteiger partial charge in [-0.15, -0.1) is 0 Å². The first-order valence-electron chi connectivity index (χ1n) is 9.33. The highest BCUT2D eigenvalue weighted by Gasteiger charge is 2.55. The number of nitrogens with zero attached hydrogens (tertiary/aromatic N) is 2. The highest BCUT2D eigenvalue weighted by Crippen LogP contribution is 2.39. The minimum Gasteiger partial charge on any atom is -0.444 e. The average Bonchev–Trinajstić information content (AvgIpc) is 2.87. The first kappa shape index (κ1) is 22.8. The van der Waals surface area contributed by atoms with Gasteiger partial charge < -0.3 is 14.3 Å². The minimum absolute atomic E-state index is 0.349. The quantitative estimate of drug-likeness (QED) is 0.387. The molecule has 0 aromatic rings. The van der Waals surface area contributed by atoms with Crippen molar-refractivity contribution in [2.75, 3.05) is 13.1 Å². The predicted molar refractivity (Wildman–Crippen MR) is 101 cm³/mol. The normalized spacial score (nSPS) is 22.3. The molecule has 0 saturated carbocycles. The summed E-state index contributed by atoms with van der Waals surface area (Å²) in [6.07, 6.45) is 0.960. The summed E-state index contributed by atoms with van der Waals surface area (Å²) < 4.78 is 11.9. The van der Waals surface area contributed by atoms with Crippen LogP contribution >= 0.6 is 0 Å². The zero-order valence-corrected chi connectivity index (χ0v) is 17.9. The fourth-order valence-electron chi connectivity index (χ4n) is 3.31. The Balaban J connectivity index is 3.17. The standard InChI is InChI=1S/C17H34N2O6Si/c1-7-8-12-26(5,6)25-17(14(20)13-19(22)23)10-9-11-18(17)15(21)24-16(2,3)4/h14,20H,7-13H2,1-6H3. The van der Waals surface area contributed by atoms with Gasteiger partial charge in [-0.3, -0.25) is 15.0 Å². The SMILES string of the molecule is CCCC[Si](C)(C)OC1(C(O)C[N+](=O)[O-])CCCN1C(=O)OC(C)(C)C. The predicted octanol–water partition coefficient (Wildman–Crippen LogP) is 3.37. The molecular weight excluding hydrogens is 356 g/mol. The molecule has 2 unspecified atom stereocenters. The van der Waals surface area contributed by atoms with Crippen LogP contribution < -0.4 is 0 Å². The Morgan fingerprint density at radius 1 is 1.42 bits per heavy atom. The Hall–Kier alpha value is -1.19. The van der Waals surface area contributed by atoms with E-state index in [-0.39, 0.29) is 0 Å². The molecule has 0 aliphatic carbocycles. The molecule has 1 N–H and O–H groups in total. The first-order chi connectivity index (χ1) is 11.8. The van der Waals surface area contributed by atoms with E-state index < -0.39 is 43.3 Å². The molecule has 1 aliphatic rings. The maximum absolute atomic E-state index is 12.7. The Kier molecular flexibility index (Phi) is 7.61. The van der Waals surface area contributed by atoms with Crippen molar-refractivity contribution in [2.24, 2.45) is 0 Å². The summed E-state index contributed by atoms with van der Waals surface area (Å²) in [5.41, 5.74) is -2.09. The molecule has 1 fully saturated rings. The second-order valence-corrected chi connectivity index (χ2v) is 12.8. The largest absolute Gasteiger partial charge is 0.444 e. The summed E-state index contributed by atoms with van der Waals surface area (Å²) in [5, 5.41) is 21.7. The number of rotatable bonds is 8. The summed E-state index contributed by atoms with van der Waals surface area (Å²) in [6.45, 7) is 11.1. The van der Waals surface area contributed by atoms with Crippen LogP contribution in [-0.2, 0) is 9.16 Å². The third-order valence-electron chi connectivity index (χ3n) is 4.42. The van der Waals surface area contributed by atoms with Crippen molar-refractivity contribution in [1.82, 2.24) is 4.90 Å². The van der Waals surface area contributed by atoms with Crippen molar-refractivity contribution < 1.29 is 24.0 Å². The van der Waals surface area contributed by atoms with Crippen molar-refractivity contribution in [3.8, 4) is 0 Å². The van der Waals surface area contributed by atoms with Gasteiger partial charge in [0.15, 0.2) is 20.1 Å². The molecule has 1 amide bonds. The van der Waals surface area contributed by atoms with Gasteiger partial charge in [-0.2, -0.15) is 0 Å². The van der Waals surface area contributed by atoms with Crippen LogP contribution in [0.15, 0.2) is 0 Å². The number of unbranched alkanes of at least 4 members (excludes halogenated alkanes) is 1. The zero-order chi connectivity index (χ0) is 20.2. The molecule has 0 spiro atoms. The van der Waals surface area contributed by atoms with Crippen LogP contribution in [-0.4, -0.2) is 59.9 Å². The molecule has 1 rings (SSSR count). The number of aliphatic hydroxyl groups is 1. The Morgan fingerprint density at radius 3 is 2.54 bits per heavy atom. The number of nitro groups is 1. The maximum Gasteiger partial charge on any atom is 0.412 e. The van der Waals surface area contributed by atoms with Gasteiger partial charge in [0.25, 0.3) is 0 Å². The van der Waals surface area contributed by atoms with Crippen LogP contribution in [0.1, 0.15) is 53.4 Å². The Morgan fingerprint density at radius 2 is 2.04 bits per heavy atom. The number of hydrogen-bond acceptors (Lipinski definition) is 6. The lowest BCUT2D eigenvalue weighted by molar-refractivity contribution is -0.496. The summed E-state index contributed by atoms with van der Waals surface area (Å²) in [7, 11) is -2.25. The van der Waals surface area contributed by atoms with Crippen molar-refractivity contribution in [3.63, 3.8) is 0 Å². The highest BCUT2D eigenvalue weighted by atomic mass is 28.4. The molecular formula is C17H34N2O6Si. The fraction of sp³-hybridized carbons (Fsp3) is 0.941. The highest BCUT2D eigenvalue weighted by molar-refractivity contribution is 6.71. The molecule has 1 aliphatic heterocycles. The van der Waals surface area contributed by atoms with E-state index in [0.717, 1.165) is 18.9 Å². The molecule has 0 aromatic heterocycles. The smallest absolute Gasteiger partial charge is 0.412 e. The third-order valence-corrected chi connectivity index (χ3v) is 6.88. The topological polar surface area (TPSA) is 102 Å². The van der Waals surface area contributed by atoms with Crippen LogP contribution in [0, 0.1) is 10.1 Å². The lowest BCUT2D eigenvalue weighted by Crippen LogP contribution is -2.63. The maximum atomic E-state index is 12.7. The summed E-state index contributed by atoms with van der Waals surface area (Å²) in [6, 6.07) is 0.860. The molecule has 0 bridgehead atoms. The summed E-state index contributed by atoms with van der Waals surface area (Å²) in [5.74, 6) is 0. The second-order valence-electron chi connectivity index (χ2n) is 8.58. The van der Waals surface area contributed by atoms with Gasteiger partial charge in [0.2, 0.25) is 6.54 Å². The molecule has 9 heteroatoms. The third kappa shape index (κ3) is 6.21. The van der Waals surface area contributed by atoms with E-state index in [1.807, 2.05) is 13.1 Å². The van der Waals surface area contributed by atoms with Gasteiger partial charge in [-0.1, -0.05) is 19.8 Å². The summed E-state index contributed by atoms with van der Waals surface area (Å²) >= 11 is 0. The van der Waals surface area contributed by atoms with Gasteiger partial charge >= 0.3 is 6.09 Å². The molecule has 152 valence electrons. The van der Waals surface area contributed by atoms with Crippen LogP contribution in [0.3, 0.4) is 0 Å². The lowest BCUT2D eigenvalue weighted by atomic mass is 10.0. The monoisotopic (exact) mass is 390 g/mol. The van der Waals surface area contributed by atoms with Crippen molar-refractivity contribution in [1.29, 1.82) is 0 Å². The van der Waals surface area contributed by atoms with Crippen LogP contribution in [0.2, 0.25) is 19.1 Å². The average molecular weight is 391 g/mol.